The SMILES string of the molecule is OC[C@@H]1O[C@H](n2cnc3c(NCc4ccccc4Cl)ncnc32)[C@@H](O)[C@@H]1O. The van der Waals surface area contributed by atoms with Crippen LogP contribution in [0.1, 0.15) is 11.8 Å². The van der Waals surface area contributed by atoms with Crippen LogP contribution in [-0.4, -0.2) is 59.8 Å². The highest BCUT2D eigenvalue weighted by Gasteiger charge is 2.44. The Morgan fingerprint density at radius 1 is 1.15 bits per heavy atom. The van der Waals surface area contributed by atoms with E-state index in [9.17, 15) is 15.3 Å². The normalized spacial score (nSPS) is 25.2. The number of aliphatic hydroxyl groups is 3. The van der Waals surface area contributed by atoms with Crippen molar-refractivity contribution in [2.24, 2.45) is 0 Å². The molecule has 0 aliphatic carbocycles. The number of hydrogen-bond donors (Lipinski definition) is 4. The maximum absolute atomic E-state index is 10.2. The van der Waals surface area contributed by atoms with Gasteiger partial charge >= 0.3 is 0 Å². The lowest BCUT2D eigenvalue weighted by molar-refractivity contribution is -0.0511. The number of benzene rings is 1. The van der Waals surface area contributed by atoms with Gasteiger partial charge in [0.15, 0.2) is 23.2 Å². The van der Waals surface area contributed by atoms with Crippen molar-refractivity contribution in [3.05, 3.63) is 47.5 Å². The number of fused-ring (bicyclic) bond motifs is 1. The summed E-state index contributed by atoms with van der Waals surface area (Å²) in [7, 11) is 0. The molecule has 4 N–H and O–H groups in total. The topological polar surface area (TPSA) is 126 Å². The van der Waals surface area contributed by atoms with Crippen molar-refractivity contribution >= 4 is 28.6 Å². The minimum absolute atomic E-state index is 0.402. The molecule has 9 nitrogen and oxygen atoms in total. The third kappa shape index (κ3) is 3.24. The Labute approximate surface area is 159 Å². The minimum Gasteiger partial charge on any atom is -0.394 e. The average molecular weight is 392 g/mol. The molecule has 0 unspecified atom stereocenters. The van der Waals surface area contributed by atoms with Crippen molar-refractivity contribution in [3.63, 3.8) is 0 Å². The minimum atomic E-state index is -1.21. The number of anilines is 1. The summed E-state index contributed by atoms with van der Waals surface area (Å²) in [5.41, 5.74) is 1.83. The zero-order valence-corrected chi connectivity index (χ0v) is 14.9. The summed E-state index contributed by atoms with van der Waals surface area (Å²) in [5.74, 6) is 0.505. The Balaban J connectivity index is 1.61. The molecule has 0 amide bonds. The molecular weight excluding hydrogens is 374 g/mol. The molecule has 3 heterocycles. The van der Waals surface area contributed by atoms with Gasteiger partial charge in [-0.2, -0.15) is 0 Å². The second kappa shape index (κ2) is 7.37. The van der Waals surface area contributed by atoms with Crippen LogP contribution in [0.3, 0.4) is 0 Å². The van der Waals surface area contributed by atoms with Crippen LogP contribution < -0.4 is 5.32 Å². The number of aliphatic hydroxyl groups excluding tert-OH is 3. The molecule has 1 saturated heterocycles. The Hall–Kier alpha value is -2.30. The zero-order valence-electron chi connectivity index (χ0n) is 14.1. The van der Waals surface area contributed by atoms with Crippen LogP contribution in [0.2, 0.25) is 5.02 Å². The first-order chi connectivity index (χ1) is 13.1. The molecule has 4 rings (SSSR count). The van der Waals surface area contributed by atoms with Gasteiger partial charge in [0.05, 0.1) is 12.9 Å². The molecule has 2 aromatic heterocycles. The predicted molar refractivity (Wildman–Crippen MR) is 97.1 cm³/mol. The van der Waals surface area contributed by atoms with Crippen molar-refractivity contribution in [2.45, 2.75) is 31.1 Å². The summed E-state index contributed by atoms with van der Waals surface area (Å²) in [4.78, 5) is 12.8. The molecule has 1 fully saturated rings. The molecule has 1 aliphatic rings. The van der Waals surface area contributed by atoms with Crippen LogP contribution in [0.4, 0.5) is 5.82 Å². The Bertz CT molecular complexity index is 952. The van der Waals surface area contributed by atoms with Gasteiger partial charge in [0, 0.05) is 11.6 Å². The van der Waals surface area contributed by atoms with Gasteiger partial charge in [-0.15, -0.1) is 0 Å². The third-order valence-electron chi connectivity index (χ3n) is 4.55. The van der Waals surface area contributed by atoms with Gasteiger partial charge in [0.1, 0.15) is 24.6 Å². The first-order valence-corrected chi connectivity index (χ1v) is 8.75. The Kier molecular flexibility index (Phi) is 4.94. The summed E-state index contributed by atoms with van der Waals surface area (Å²) in [6.45, 7) is 0.0491. The smallest absolute Gasteiger partial charge is 0.167 e. The number of nitrogens with zero attached hydrogens (tertiary/aromatic N) is 4. The molecule has 0 saturated carbocycles. The summed E-state index contributed by atoms with van der Waals surface area (Å²) in [6, 6.07) is 7.47. The summed E-state index contributed by atoms with van der Waals surface area (Å²) < 4.78 is 7.06. The van der Waals surface area contributed by atoms with E-state index >= 15 is 0 Å². The molecule has 3 aromatic rings. The average Bonchev–Trinajstić information content (AvgIpc) is 3.23. The maximum atomic E-state index is 10.2. The van der Waals surface area contributed by atoms with Crippen molar-refractivity contribution < 1.29 is 20.1 Å². The maximum Gasteiger partial charge on any atom is 0.167 e. The number of rotatable bonds is 5. The molecule has 1 aromatic carbocycles. The highest BCUT2D eigenvalue weighted by Crippen LogP contribution is 2.32. The van der Waals surface area contributed by atoms with Gasteiger partial charge in [-0.3, -0.25) is 4.57 Å². The Morgan fingerprint density at radius 2 is 1.96 bits per heavy atom. The van der Waals surface area contributed by atoms with E-state index in [-0.39, 0.29) is 0 Å². The summed E-state index contributed by atoms with van der Waals surface area (Å²) >= 11 is 6.18. The first kappa shape index (κ1) is 18.1. The van der Waals surface area contributed by atoms with E-state index in [1.54, 1.807) is 0 Å². The predicted octanol–water partition coefficient (Wildman–Crippen LogP) is 0.703. The quantitative estimate of drug-likeness (QED) is 0.501. The van der Waals surface area contributed by atoms with Crippen LogP contribution in [0.25, 0.3) is 11.2 Å². The lowest BCUT2D eigenvalue weighted by Crippen LogP contribution is -2.33. The highest BCUT2D eigenvalue weighted by molar-refractivity contribution is 6.31. The molecule has 4 atom stereocenters. The molecule has 1 aliphatic heterocycles. The largest absolute Gasteiger partial charge is 0.394 e. The van der Waals surface area contributed by atoms with E-state index in [1.165, 1.54) is 17.2 Å². The van der Waals surface area contributed by atoms with Gasteiger partial charge in [0.2, 0.25) is 0 Å². The van der Waals surface area contributed by atoms with Crippen LogP contribution >= 0.6 is 11.6 Å². The standard InChI is InChI=1S/C17H18ClN5O4/c18-10-4-2-1-3-9(10)5-19-15-12-16(21-7-20-15)23(8-22-12)17-14(26)13(25)11(6-24)27-17/h1-4,7-8,11,13-14,17,24-26H,5-6H2,(H,19,20,21)/t11-,13+,14-,17-/m0/s1. The molecule has 142 valence electrons. The van der Waals surface area contributed by atoms with E-state index in [2.05, 4.69) is 20.3 Å². The van der Waals surface area contributed by atoms with Crippen molar-refractivity contribution in [1.29, 1.82) is 0 Å². The Morgan fingerprint density at radius 3 is 2.70 bits per heavy atom. The van der Waals surface area contributed by atoms with E-state index in [4.69, 9.17) is 16.3 Å². The zero-order chi connectivity index (χ0) is 19.0. The second-order valence-electron chi connectivity index (χ2n) is 6.22. The third-order valence-corrected chi connectivity index (χ3v) is 4.92. The van der Waals surface area contributed by atoms with Crippen LogP contribution in [-0.2, 0) is 11.3 Å². The summed E-state index contributed by atoms with van der Waals surface area (Å²) in [5, 5.41) is 33.3. The molecule has 0 bridgehead atoms. The fourth-order valence-electron chi connectivity index (χ4n) is 3.10. The van der Waals surface area contributed by atoms with Gasteiger partial charge in [-0.25, -0.2) is 15.0 Å². The fraction of sp³-hybridized carbons (Fsp3) is 0.353. The van der Waals surface area contributed by atoms with Crippen LogP contribution in [0, 0.1) is 0 Å². The summed E-state index contributed by atoms with van der Waals surface area (Å²) in [6.07, 6.45) is -1.36. The number of ether oxygens (including phenoxy) is 1. The fourth-order valence-corrected chi connectivity index (χ4v) is 3.30. The molecule has 0 radical (unpaired) electrons. The molecule has 27 heavy (non-hydrogen) atoms. The van der Waals surface area contributed by atoms with Gasteiger partial charge in [0.25, 0.3) is 0 Å². The van der Waals surface area contributed by atoms with Crippen molar-refractivity contribution in [3.8, 4) is 0 Å². The van der Waals surface area contributed by atoms with Gasteiger partial charge in [-0.05, 0) is 11.6 Å². The number of hydrogen-bond acceptors (Lipinski definition) is 8. The van der Waals surface area contributed by atoms with E-state index in [0.717, 1.165) is 5.56 Å². The van der Waals surface area contributed by atoms with E-state index in [0.29, 0.717) is 28.5 Å². The second-order valence-corrected chi connectivity index (χ2v) is 6.63. The lowest BCUT2D eigenvalue weighted by Gasteiger charge is -2.16. The number of halogens is 1. The van der Waals surface area contributed by atoms with Crippen molar-refractivity contribution in [1.82, 2.24) is 19.5 Å². The number of nitrogens with one attached hydrogen (secondary N) is 1. The van der Waals surface area contributed by atoms with Gasteiger partial charge < -0.3 is 25.4 Å². The number of imidazole rings is 1. The van der Waals surface area contributed by atoms with Crippen LogP contribution in [0.15, 0.2) is 36.9 Å². The van der Waals surface area contributed by atoms with E-state index < -0.39 is 31.1 Å². The molecule has 0 spiro atoms. The van der Waals surface area contributed by atoms with Gasteiger partial charge in [-0.1, -0.05) is 29.8 Å². The monoisotopic (exact) mass is 391 g/mol. The molecule has 10 heteroatoms. The highest BCUT2D eigenvalue weighted by atomic mass is 35.5. The van der Waals surface area contributed by atoms with Crippen LogP contribution in [0.5, 0.6) is 0 Å². The first-order valence-electron chi connectivity index (χ1n) is 8.37. The lowest BCUT2D eigenvalue weighted by atomic mass is 10.1. The number of aromatic nitrogens is 4. The molecular formula is C17H18ClN5O4. The van der Waals surface area contributed by atoms with Crippen molar-refractivity contribution in [2.75, 3.05) is 11.9 Å². The van der Waals surface area contributed by atoms with E-state index in [1.807, 2.05) is 24.3 Å².